The Hall–Kier alpha value is -9.08. The highest BCUT2D eigenvalue weighted by Crippen LogP contribution is 2.15. The van der Waals surface area contributed by atoms with Gasteiger partial charge in [0, 0.05) is 46.6 Å². The van der Waals surface area contributed by atoms with E-state index < -0.39 is 11.9 Å². The molecule has 2 aromatic carbocycles. The minimum atomic E-state index is -0.475. The Morgan fingerprint density at radius 1 is 0.308 bits per heavy atom. The van der Waals surface area contributed by atoms with Gasteiger partial charge in [-0.05, 0) is 49.9 Å². The highest BCUT2D eigenvalue weighted by Gasteiger charge is 2.16. The van der Waals surface area contributed by atoms with Crippen molar-refractivity contribution in [3.63, 3.8) is 0 Å². The summed E-state index contributed by atoms with van der Waals surface area (Å²) in [5, 5.41) is 77.4. The molecule has 20 nitrogen and oxygen atoms in total. The number of nitriles is 8. The molecule has 2 rings (SSSR count). The largest absolute Gasteiger partial charge is 0.489 e. The standard InChI is InChI=1S/C58H66N8O12/c1-3-5-7-11-15-19-55(67)75-27-23-71-51-31-49(45(39-63)40-64)53(33-47(51)43(35-59)36-60)73-25-29-77-57(69)21-17-13-9-10-14-18-22-58(70)78-30-26-74-54-34-48(44(37-61)38-62)52(32-50(54)46(41-65)42-66)72-24-28-76-56(68)20-16-12-8-6-4-2/h31-34H,3-30H2,1-2H3. The summed E-state index contributed by atoms with van der Waals surface area (Å²) in [4.78, 5) is 49.2. The monoisotopic (exact) mass is 1070 g/mol. The van der Waals surface area contributed by atoms with E-state index >= 15 is 0 Å². The summed E-state index contributed by atoms with van der Waals surface area (Å²) in [7, 11) is 0. The summed E-state index contributed by atoms with van der Waals surface area (Å²) in [5.74, 6) is -1.81. The van der Waals surface area contributed by atoms with Crippen molar-refractivity contribution in [2.24, 2.45) is 0 Å². The Balaban J connectivity index is 1.83. The first-order valence-corrected chi connectivity index (χ1v) is 26.2. The van der Waals surface area contributed by atoms with Crippen molar-refractivity contribution in [1.82, 2.24) is 0 Å². The highest BCUT2D eigenvalue weighted by atomic mass is 16.6. The summed E-state index contributed by atoms with van der Waals surface area (Å²) >= 11 is 0. The molecule has 0 fully saturated rings. The molecule has 0 atom stereocenters. The van der Waals surface area contributed by atoms with Gasteiger partial charge in [-0.15, -0.1) is 0 Å². The first-order chi connectivity index (χ1) is 38.0. The van der Waals surface area contributed by atoms with Crippen LogP contribution in [0.25, 0.3) is 22.3 Å². The molecule has 0 saturated heterocycles. The van der Waals surface area contributed by atoms with E-state index in [0.717, 1.165) is 77.0 Å². The Kier molecular flexibility index (Phi) is 33.6. The van der Waals surface area contributed by atoms with Crippen LogP contribution in [0.5, 0.6) is 23.0 Å². The van der Waals surface area contributed by atoms with E-state index in [1.807, 2.05) is 0 Å². The van der Waals surface area contributed by atoms with E-state index in [1.54, 1.807) is 48.6 Å². The van der Waals surface area contributed by atoms with Crippen molar-refractivity contribution in [2.45, 2.75) is 142 Å². The van der Waals surface area contributed by atoms with Crippen LogP contribution in [0.3, 0.4) is 0 Å². The second kappa shape index (κ2) is 40.3. The molecule has 78 heavy (non-hydrogen) atoms. The number of hydrogen-bond acceptors (Lipinski definition) is 20. The van der Waals surface area contributed by atoms with Crippen molar-refractivity contribution in [1.29, 1.82) is 42.1 Å². The van der Waals surface area contributed by atoms with Crippen molar-refractivity contribution in [3.05, 3.63) is 45.1 Å². The summed E-state index contributed by atoms with van der Waals surface area (Å²) in [6, 6.07) is 19.5. The Morgan fingerprint density at radius 2 is 0.500 bits per heavy atom. The van der Waals surface area contributed by atoms with Gasteiger partial charge in [0.15, 0.2) is 0 Å². The van der Waals surface area contributed by atoms with Crippen LogP contribution in [-0.4, -0.2) is 76.7 Å². The number of hydrogen-bond donors (Lipinski definition) is 0. The Morgan fingerprint density at radius 3 is 0.692 bits per heavy atom. The third kappa shape index (κ3) is 25.0. The minimum absolute atomic E-state index is 0.0129. The molecular formula is C58H66N8O12. The highest BCUT2D eigenvalue weighted by molar-refractivity contribution is 5.79. The normalized spacial score (nSPS) is 9.92. The van der Waals surface area contributed by atoms with Gasteiger partial charge in [0.05, 0.1) is 0 Å². The van der Waals surface area contributed by atoms with Crippen LogP contribution in [0.15, 0.2) is 24.3 Å². The fourth-order valence-corrected chi connectivity index (χ4v) is 7.47. The fourth-order valence-electron chi connectivity index (χ4n) is 7.47. The lowest BCUT2D eigenvalue weighted by Crippen LogP contribution is -2.23. The van der Waals surface area contributed by atoms with Gasteiger partial charge in [-0.2, -0.15) is 42.1 Å². The summed E-state index contributed by atoms with van der Waals surface area (Å²) in [5.41, 5.74) is -1.37. The average molecular weight is 1070 g/mol. The summed E-state index contributed by atoms with van der Waals surface area (Å²) in [6.07, 6.45) is 14.6. The molecule has 0 aromatic heterocycles. The van der Waals surface area contributed by atoms with Gasteiger partial charge >= 0.3 is 23.9 Å². The fraction of sp³-hybridized carbons (Fsp3) is 0.517. The zero-order valence-electron chi connectivity index (χ0n) is 44.6. The predicted octanol–water partition coefficient (Wildman–Crippen LogP) is 6.71. The number of rotatable bonds is 37. The molecule has 410 valence electrons. The predicted molar refractivity (Wildman–Crippen MR) is 279 cm³/mol. The van der Waals surface area contributed by atoms with E-state index in [4.69, 9.17) is 37.9 Å². The van der Waals surface area contributed by atoms with Crippen LogP contribution in [0.1, 0.15) is 142 Å². The Labute approximate surface area is 455 Å². The van der Waals surface area contributed by atoms with E-state index in [1.165, 1.54) is 24.3 Å². The molecule has 0 aliphatic rings. The third-order valence-electron chi connectivity index (χ3n) is 11.5. The molecule has 0 saturated carbocycles. The SMILES string of the molecule is CCCCCCCC(=O)OCCOc1cc(=C(C#N)C#N)c(OCCOC(=O)CCCCCCCCC(=O)OCCOc2cc(=C(C#N)C#N)c(OCCOC(=O)CCCCCCC)cc2=C(C#N)C#N)cc1=C(C#N)C#N. The summed E-state index contributed by atoms with van der Waals surface area (Å²) in [6.45, 7) is 2.95. The van der Waals surface area contributed by atoms with Gasteiger partial charge in [-0.25, -0.2) is 0 Å². The molecule has 0 aliphatic carbocycles. The molecule has 0 bridgehead atoms. The number of esters is 4. The number of ether oxygens (including phenoxy) is 8. The van der Waals surface area contributed by atoms with E-state index in [2.05, 4.69) is 13.8 Å². The first kappa shape index (κ1) is 65.0. The maximum absolute atomic E-state index is 12.5. The van der Waals surface area contributed by atoms with Crippen molar-refractivity contribution >= 4 is 46.2 Å². The molecule has 0 unspecified atom stereocenters. The average Bonchev–Trinajstić information content (AvgIpc) is 3.45. The van der Waals surface area contributed by atoms with Gasteiger partial charge < -0.3 is 37.9 Å². The van der Waals surface area contributed by atoms with Crippen molar-refractivity contribution in [2.75, 3.05) is 52.9 Å². The maximum Gasteiger partial charge on any atom is 0.305 e. The lowest BCUT2D eigenvalue weighted by Gasteiger charge is -2.12. The molecule has 0 radical (unpaired) electrons. The molecule has 0 spiro atoms. The second-order valence-electron chi connectivity index (χ2n) is 17.3. The van der Waals surface area contributed by atoms with Crippen LogP contribution in [-0.2, 0) is 38.1 Å². The van der Waals surface area contributed by atoms with Gasteiger partial charge in [0.1, 0.15) is 147 Å². The van der Waals surface area contributed by atoms with Crippen LogP contribution in [0.2, 0.25) is 0 Å². The molecule has 0 aliphatic heterocycles. The van der Waals surface area contributed by atoms with Gasteiger partial charge in [0.25, 0.3) is 0 Å². The molecule has 0 heterocycles. The maximum atomic E-state index is 12.5. The number of carbonyl (C=O) groups is 4. The van der Waals surface area contributed by atoms with Crippen LogP contribution < -0.4 is 39.8 Å². The third-order valence-corrected chi connectivity index (χ3v) is 11.5. The molecule has 20 heteroatoms. The molecular weight excluding hydrogens is 1000 g/mol. The van der Waals surface area contributed by atoms with E-state index in [0.29, 0.717) is 25.7 Å². The molecule has 0 amide bonds. The smallest absolute Gasteiger partial charge is 0.305 e. The van der Waals surface area contributed by atoms with Gasteiger partial charge in [0.2, 0.25) is 0 Å². The lowest BCUT2D eigenvalue weighted by molar-refractivity contribution is -0.145. The Bertz CT molecular complexity index is 2690. The molecule has 0 N–H and O–H groups in total. The van der Waals surface area contributed by atoms with Crippen LogP contribution in [0.4, 0.5) is 0 Å². The van der Waals surface area contributed by atoms with Gasteiger partial charge in [-0.3, -0.25) is 19.2 Å². The zero-order chi connectivity index (χ0) is 57.2. The summed E-state index contributed by atoms with van der Waals surface area (Å²) < 4.78 is 44.2. The second-order valence-corrected chi connectivity index (χ2v) is 17.3. The number of nitrogens with zero attached hydrogens (tertiary/aromatic N) is 8. The van der Waals surface area contributed by atoms with Crippen molar-refractivity contribution in [3.8, 4) is 71.6 Å². The minimum Gasteiger partial charge on any atom is -0.489 e. The van der Waals surface area contributed by atoms with Gasteiger partial charge in [-0.1, -0.05) is 90.9 Å². The number of unbranched alkanes of at least 4 members (excludes halogenated alkanes) is 13. The first-order valence-electron chi connectivity index (χ1n) is 26.2. The number of benzene rings is 2. The zero-order valence-corrected chi connectivity index (χ0v) is 44.6. The van der Waals surface area contributed by atoms with E-state index in [-0.39, 0.29) is 157 Å². The van der Waals surface area contributed by atoms with Crippen LogP contribution >= 0.6 is 0 Å². The van der Waals surface area contributed by atoms with E-state index in [9.17, 15) is 61.3 Å². The van der Waals surface area contributed by atoms with Crippen molar-refractivity contribution < 1.29 is 57.1 Å². The quantitative estimate of drug-likeness (QED) is 0.0385. The topological polar surface area (TPSA) is 332 Å². The number of carbonyl (C=O) groups excluding carboxylic acids is 4. The van der Waals surface area contributed by atoms with Crippen LogP contribution in [0, 0.1) is 90.6 Å². The lowest BCUT2D eigenvalue weighted by atomic mass is 10.1. The molecule has 2 aromatic rings.